The largest absolute Gasteiger partial charge is 0.355 e. The molecule has 1 unspecified atom stereocenters. The van der Waals surface area contributed by atoms with Crippen molar-refractivity contribution in [1.82, 2.24) is 15.4 Å². The van der Waals surface area contributed by atoms with E-state index in [1.165, 1.54) is 30.4 Å². The molecule has 2 heterocycles. The van der Waals surface area contributed by atoms with Crippen molar-refractivity contribution in [2.45, 2.75) is 44.0 Å². The Morgan fingerprint density at radius 3 is 2.38 bits per heavy atom. The number of nitrogens with one attached hydrogen (secondary N) is 1. The van der Waals surface area contributed by atoms with Crippen LogP contribution in [0.25, 0.3) is 11.3 Å². The van der Waals surface area contributed by atoms with Gasteiger partial charge in [0.25, 0.3) is 5.91 Å². The van der Waals surface area contributed by atoms with Crippen LogP contribution in [0.3, 0.4) is 0 Å². The molecule has 4 rings (SSSR count). The zero-order valence-corrected chi connectivity index (χ0v) is 20.5. The number of nitrogens with zero attached hydrogens (tertiary/aromatic N) is 2. The highest BCUT2D eigenvalue weighted by molar-refractivity contribution is 7.91. The summed E-state index contributed by atoms with van der Waals surface area (Å²) in [6.07, 6.45) is 3.58. The number of aryl methyl sites for hydroxylation is 1. The van der Waals surface area contributed by atoms with Gasteiger partial charge in [0.05, 0.1) is 16.7 Å². The van der Waals surface area contributed by atoms with Gasteiger partial charge < -0.3 is 9.84 Å². The summed E-state index contributed by atoms with van der Waals surface area (Å²) in [7, 11) is -3.27. The summed E-state index contributed by atoms with van der Waals surface area (Å²) < 4.78 is 29.4. The number of aromatic nitrogens is 1. The van der Waals surface area contributed by atoms with Gasteiger partial charge in [0.1, 0.15) is 0 Å². The molecule has 0 radical (unpaired) electrons. The number of sulfone groups is 1. The maximum Gasteiger partial charge on any atom is 0.273 e. The first-order chi connectivity index (χ1) is 16.4. The summed E-state index contributed by atoms with van der Waals surface area (Å²) in [4.78, 5) is 15.6. The van der Waals surface area contributed by atoms with Crippen LogP contribution < -0.4 is 5.32 Å². The molecule has 1 amide bonds. The maximum atomic E-state index is 12.9. The van der Waals surface area contributed by atoms with Gasteiger partial charge in [-0.2, -0.15) is 0 Å². The van der Waals surface area contributed by atoms with E-state index in [1.807, 2.05) is 0 Å². The zero-order valence-electron chi connectivity index (χ0n) is 19.7. The molecule has 1 N–H and O–H groups in total. The van der Waals surface area contributed by atoms with Gasteiger partial charge >= 0.3 is 0 Å². The summed E-state index contributed by atoms with van der Waals surface area (Å²) in [6.45, 7) is 6.20. The number of carbonyl (C=O) groups is 1. The maximum absolute atomic E-state index is 12.9. The van der Waals surface area contributed by atoms with E-state index in [4.69, 9.17) is 4.52 Å². The lowest BCUT2D eigenvalue weighted by Gasteiger charge is -2.35. The molecule has 1 aliphatic heterocycles. The van der Waals surface area contributed by atoms with E-state index < -0.39 is 9.84 Å². The van der Waals surface area contributed by atoms with Gasteiger partial charge in [-0.05, 0) is 62.7 Å². The average molecular weight is 482 g/mol. The Morgan fingerprint density at radius 1 is 1.06 bits per heavy atom. The molecular formula is C26H31N3O4S. The fourth-order valence-electron chi connectivity index (χ4n) is 4.27. The quantitative estimate of drug-likeness (QED) is 0.513. The molecule has 1 saturated heterocycles. The highest BCUT2D eigenvalue weighted by atomic mass is 32.2. The summed E-state index contributed by atoms with van der Waals surface area (Å²) in [6, 6.07) is 16.6. The van der Waals surface area contributed by atoms with Gasteiger partial charge in [-0.3, -0.25) is 9.69 Å². The van der Waals surface area contributed by atoms with Gasteiger partial charge in [-0.1, -0.05) is 48.3 Å². The minimum atomic E-state index is -3.27. The van der Waals surface area contributed by atoms with Gasteiger partial charge in [0.15, 0.2) is 21.3 Å². The molecule has 180 valence electrons. The molecule has 2 aromatic carbocycles. The van der Waals surface area contributed by atoms with Crippen molar-refractivity contribution in [2.24, 2.45) is 0 Å². The number of rotatable bonds is 8. The van der Waals surface area contributed by atoms with E-state index >= 15 is 0 Å². The van der Waals surface area contributed by atoms with Crippen molar-refractivity contribution in [1.29, 1.82) is 0 Å². The Kier molecular flexibility index (Phi) is 7.48. The van der Waals surface area contributed by atoms with E-state index in [1.54, 1.807) is 37.3 Å². The highest BCUT2D eigenvalue weighted by Gasteiger charge is 2.24. The second kappa shape index (κ2) is 10.5. The molecule has 1 aromatic heterocycles. The lowest BCUT2D eigenvalue weighted by molar-refractivity contribution is 0.0915. The Balaban J connectivity index is 1.45. The lowest BCUT2D eigenvalue weighted by atomic mass is 10.0. The second-order valence-electron chi connectivity index (χ2n) is 8.74. The third-order valence-electron chi connectivity index (χ3n) is 6.37. The fraction of sp³-hybridized carbons (Fsp3) is 0.385. The molecule has 7 nitrogen and oxygen atoms in total. The predicted molar refractivity (Wildman–Crippen MR) is 131 cm³/mol. The minimum absolute atomic E-state index is 0.0417. The molecule has 1 fully saturated rings. The first-order valence-electron chi connectivity index (χ1n) is 11.8. The normalized spacial score (nSPS) is 15.7. The first kappa shape index (κ1) is 24.2. The number of benzene rings is 2. The van der Waals surface area contributed by atoms with Crippen LogP contribution in [0.4, 0.5) is 0 Å². The molecule has 34 heavy (non-hydrogen) atoms. The number of piperidine rings is 1. The number of likely N-dealkylation sites (tertiary alicyclic amines) is 1. The number of carbonyl (C=O) groups excluding carboxylic acids is 1. The van der Waals surface area contributed by atoms with Crippen molar-refractivity contribution in [3.05, 3.63) is 71.4 Å². The van der Waals surface area contributed by atoms with Crippen LogP contribution in [0.2, 0.25) is 0 Å². The topological polar surface area (TPSA) is 92.5 Å². The Hall–Kier alpha value is -2.97. The Labute approximate surface area is 201 Å². The standard InChI is InChI=1S/C26H31N3O4S/c1-3-34(31,32)22-13-11-21(12-14-22)25-17-23(28-33-25)26(30)27-18-24(29-15-5-4-6-16-29)20-9-7-19(2)8-10-20/h7-14,17,24H,3-6,15-16,18H2,1-2H3,(H,27,30). The molecule has 0 bridgehead atoms. The van der Waals surface area contributed by atoms with Gasteiger partial charge in [0.2, 0.25) is 0 Å². The summed E-state index contributed by atoms with van der Waals surface area (Å²) in [5, 5.41) is 6.96. The molecule has 8 heteroatoms. The molecule has 1 atom stereocenters. The van der Waals surface area contributed by atoms with E-state index in [2.05, 4.69) is 46.6 Å². The van der Waals surface area contributed by atoms with Crippen LogP contribution >= 0.6 is 0 Å². The minimum Gasteiger partial charge on any atom is -0.355 e. The molecule has 3 aromatic rings. The lowest BCUT2D eigenvalue weighted by Crippen LogP contribution is -2.40. The van der Waals surface area contributed by atoms with E-state index in [9.17, 15) is 13.2 Å². The number of hydrogen-bond donors (Lipinski definition) is 1. The van der Waals surface area contributed by atoms with Crippen molar-refractivity contribution >= 4 is 15.7 Å². The van der Waals surface area contributed by atoms with Gasteiger partial charge in [-0.25, -0.2) is 8.42 Å². The summed E-state index contributed by atoms with van der Waals surface area (Å²) >= 11 is 0. The van der Waals surface area contributed by atoms with Crippen LogP contribution in [0, 0.1) is 6.92 Å². The predicted octanol–water partition coefficient (Wildman–Crippen LogP) is 4.40. The van der Waals surface area contributed by atoms with E-state index in [0.29, 0.717) is 17.9 Å². The average Bonchev–Trinajstić information content (AvgIpc) is 3.36. The Bertz CT molecular complexity index is 1210. The fourth-order valence-corrected chi connectivity index (χ4v) is 5.15. The van der Waals surface area contributed by atoms with Crippen LogP contribution in [-0.2, 0) is 9.84 Å². The molecule has 0 aliphatic carbocycles. The molecule has 0 spiro atoms. The second-order valence-corrected chi connectivity index (χ2v) is 11.0. The monoisotopic (exact) mass is 481 g/mol. The van der Waals surface area contributed by atoms with Gasteiger partial charge in [-0.15, -0.1) is 0 Å². The molecule has 0 saturated carbocycles. The first-order valence-corrected chi connectivity index (χ1v) is 13.4. The van der Waals surface area contributed by atoms with Crippen molar-refractivity contribution in [3.63, 3.8) is 0 Å². The summed E-state index contributed by atoms with van der Waals surface area (Å²) in [5.74, 6) is 0.158. The molecule has 1 aliphatic rings. The van der Waals surface area contributed by atoms with Crippen LogP contribution in [0.1, 0.15) is 53.8 Å². The van der Waals surface area contributed by atoms with Crippen LogP contribution in [-0.4, -0.2) is 49.8 Å². The van der Waals surface area contributed by atoms with E-state index in [-0.39, 0.29) is 28.3 Å². The highest BCUT2D eigenvalue weighted by Crippen LogP contribution is 2.26. The SMILES string of the molecule is CCS(=O)(=O)c1ccc(-c2cc(C(=O)NCC(c3ccc(C)cc3)N3CCCCC3)no2)cc1. The van der Waals surface area contributed by atoms with Crippen LogP contribution in [0.15, 0.2) is 64.0 Å². The van der Waals surface area contributed by atoms with Crippen molar-refractivity contribution in [3.8, 4) is 11.3 Å². The van der Waals surface area contributed by atoms with Crippen LogP contribution in [0.5, 0.6) is 0 Å². The van der Waals surface area contributed by atoms with Crippen molar-refractivity contribution < 1.29 is 17.7 Å². The van der Waals surface area contributed by atoms with Crippen molar-refractivity contribution in [2.75, 3.05) is 25.4 Å². The molecular weight excluding hydrogens is 450 g/mol. The van der Waals surface area contributed by atoms with E-state index in [0.717, 1.165) is 13.1 Å². The number of hydrogen-bond acceptors (Lipinski definition) is 6. The smallest absolute Gasteiger partial charge is 0.273 e. The number of amides is 1. The van der Waals surface area contributed by atoms with Gasteiger partial charge in [0, 0.05) is 18.2 Å². The Morgan fingerprint density at radius 2 is 1.74 bits per heavy atom. The summed E-state index contributed by atoms with van der Waals surface area (Å²) in [5.41, 5.74) is 3.26. The third-order valence-corrected chi connectivity index (χ3v) is 8.12. The zero-order chi connectivity index (χ0) is 24.1. The third kappa shape index (κ3) is 5.56.